The molecule has 0 bridgehead atoms. The number of hydrogen-bond acceptors (Lipinski definition) is 5. The van der Waals surface area contributed by atoms with E-state index < -0.39 is 6.36 Å². The molecule has 3 rings (SSSR count). The van der Waals surface area contributed by atoms with Crippen molar-refractivity contribution in [2.45, 2.75) is 19.8 Å². The van der Waals surface area contributed by atoms with Crippen molar-refractivity contribution in [3.05, 3.63) is 47.8 Å². The van der Waals surface area contributed by atoms with Crippen molar-refractivity contribution in [3.8, 4) is 5.75 Å². The molecule has 0 aliphatic rings. The molecule has 0 atom stereocenters. The number of nitrogens with one attached hydrogen (secondary N) is 1. The van der Waals surface area contributed by atoms with Gasteiger partial charge in [-0.3, -0.25) is 4.98 Å². The van der Waals surface area contributed by atoms with Crippen LogP contribution in [0.2, 0.25) is 0 Å². The number of anilines is 1. The van der Waals surface area contributed by atoms with E-state index in [2.05, 4.69) is 20.0 Å². The van der Waals surface area contributed by atoms with Gasteiger partial charge in [0.25, 0.3) is 0 Å². The third-order valence-electron chi connectivity index (χ3n) is 3.17. The fourth-order valence-corrected chi connectivity index (χ4v) is 2.92. The van der Waals surface area contributed by atoms with Gasteiger partial charge >= 0.3 is 6.36 Å². The molecule has 1 N–H and O–H groups in total. The summed E-state index contributed by atoms with van der Waals surface area (Å²) in [6.07, 6.45) is -1.21. The van der Waals surface area contributed by atoms with E-state index in [4.69, 9.17) is 0 Å². The van der Waals surface area contributed by atoms with E-state index in [0.717, 1.165) is 11.1 Å². The Hall–Kier alpha value is -2.35. The van der Waals surface area contributed by atoms with E-state index in [1.165, 1.54) is 29.5 Å². The van der Waals surface area contributed by atoms with E-state index >= 15 is 0 Å². The number of hydrogen-bond donors (Lipinski definition) is 1. The maximum Gasteiger partial charge on any atom is 0.573 e. The summed E-state index contributed by atoms with van der Waals surface area (Å²) in [5.74, 6) is -0.247. The minimum Gasteiger partial charge on any atom is -0.406 e. The Labute approximate surface area is 134 Å². The second-order valence-electron chi connectivity index (χ2n) is 4.85. The lowest BCUT2D eigenvalue weighted by Crippen LogP contribution is -2.16. The summed E-state index contributed by atoms with van der Waals surface area (Å²) >= 11 is 1.27. The topological polar surface area (TPSA) is 47.0 Å². The summed E-state index contributed by atoms with van der Waals surface area (Å²) in [6.45, 7) is 2.53. The van der Waals surface area contributed by atoms with Crippen molar-refractivity contribution >= 4 is 26.7 Å². The number of aromatic nitrogens is 2. The second-order valence-corrected chi connectivity index (χ2v) is 5.88. The van der Waals surface area contributed by atoms with Crippen LogP contribution < -0.4 is 10.1 Å². The van der Waals surface area contributed by atoms with Gasteiger partial charge in [0.15, 0.2) is 5.13 Å². The number of benzene rings is 1. The summed E-state index contributed by atoms with van der Waals surface area (Å²) < 4.78 is 41.3. The standard InChI is InChI=1S/C15H12F3N3OS/c1-9-4-5-19-7-10(9)8-20-14-21-12-3-2-11(6-13(12)23-14)22-15(16,17)18/h2-7H,8H2,1H3,(H,20,21). The van der Waals surface area contributed by atoms with Gasteiger partial charge in [-0.15, -0.1) is 13.2 Å². The van der Waals surface area contributed by atoms with Gasteiger partial charge in [0, 0.05) is 25.0 Å². The zero-order valence-corrected chi connectivity index (χ0v) is 12.8. The molecule has 2 aromatic heterocycles. The molecule has 0 spiro atoms. The number of alkyl halides is 3. The molecule has 0 saturated carbocycles. The molecule has 4 nitrogen and oxygen atoms in total. The molecule has 3 aromatic rings. The highest BCUT2D eigenvalue weighted by atomic mass is 32.1. The monoisotopic (exact) mass is 339 g/mol. The van der Waals surface area contributed by atoms with E-state index in [1.807, 2.05) is 13.0 Å². The van der Waals surface area contributed by atoms with Gasteiger partial charge in [-0.2, -0.15) is 0 Å². The average Bonchev–Trinajstić information content (AvgIpc) is 2.87. The van der Waals surface area contributed by atoms with Crippen LogP contribution in [-0.2, 0) is 6.54 Å². The van der Waals surface area contributed by atoms with Gasteiger partial charge in [0.2, 0.25) is 0 Å². The molecule has 0 aliphatic carbocycles. The third kappa shape index (κ3) is 3.89. The normalized spacial score (nSPS) is 11.7. The molecule has 1 aromatic carbocycles. The summed E-state index contributed by atoms with van der Waals surface area (Å²) in [6, 6.07) is 6.01. The Bertz CT molecular complexity index is 832. The highest BCUT2D eigenvalue weighted by molar-refractivity contribution is 7.22. The highest BCUT2D eigenvalue weighted by Gasteiger charge is 2.31. The van der Waals surface area contributed by atoms with Gasteiger partial charge < -0.3 is 10.1 Å². The van der Waals surface area contributed by atoms with Gasteiger partial charge in [-0.05, 0) is 36.2 Å². The second kappa shape index (κ2) is 6.04. The molecular formula is C15H12F3N3OS. The fraction of sp³-hybridized carbons (Fsp3) is 0.200. The van der Waals surface area contributed by atoms with Crippen molar-refractivity contribution < 1.29 is 17.9 Å². The zero-order valence-electron chi connectivity index (χ0n) is 12.0. The minimum absolute atomic E-state index is 0.247. The quantitative estimate of drug-likeness (QED) is 0.760. The summed E-state index contributed by atoms with van der Waals surface area (Å²) in [4.78, 5) is 8.41. The Kier molecular flexibility index (Phi) is 4.08. The number of aryl methyl sites for hydroxylation is 1. The molecule has 120 valence electrons. The molecule has 0 saturated heterocycles. The molecule has 0 amide bonds. The molecule has 0 aliphatic heterocycles. The predicted octanol–water partition coefficient (Wildman–Crippen LogP) is 4.51. The first-order chi connectivity index (χ1) is 10.9. The van der Waals surface area contributed by atoms with Crippen LogP contribution in [0.3, 0.4) is 0 Å². The van der Waals surface area contributed by atoms with E-state index in [1.54, 1.807) is 12.4 Å². The van der Waals surface area contributed by atoms with E-state index in [-0.39, 0.29) is 5.75 Å². The Morgan fingerprint density at radius 3 is 2.83 bits per heavy atom. The first-order valence-electron chi connectivity index (χ1n) is 6.70. The number of fused-ring (bicyclic) bond motifs is 1. The lowest BCUT2D eigenvalue weighted by atomic mass is 10.2. The van der Waals surface area contributed by atoms with Crippen molar-refractivity contribution in [1.29, 1.82) is 0 Å². The number of ether oxygens (including phenoxy) is 1. The SMILES string of the molecule is Cc1ccncc1CNc1nc2ccc(OC(F)(F)F)cc2s1. The maximum absolute atomic E-state index is 12.2. The van der Waals surface area contributed by atoms with Gasteiger partial charge in [0.05, 0.1) is 10.2 Å². The van der Waals surface area contributed by atoms with Crippen LogP contribution in [0.15, 0.2) is 36.7 Å². The molecule has 0 unspecified atom stereocenters. The van der Waals surface area contributed by atoms with Crippen LogP contribution in [0.1, 0.15) is 11.1 Å². The predicted molar refractivity (Wildman–Crippen MR) is 82.6 cm³/mol. The van der Waals surface area contributed by atoms with Crippen LogP contribution >= 0.6 is 11.3 Å². The van der Waals surface area contributed by atoms with Crippen LogP contribution in [0.5, 0.6) is 5.75 Å². The van der Waals surface area contributed by atoms with Crippen molar-refractivity contribution in [2.75, 3.05) is 5.32 Å². The lowest BCUT2D eigenvalue weighted by molar-refractivity contribution is -0.274. The number of pyridine rings is 1. The third-order valence-corrected chi connectivity index (χ3v) is 4.15. The summed E-state index contributed by atoms with van der Waals surface area (Å²) in [5, 5.41) is 3.80. The zero-order chi connectivity index (χ0) is 16.4. The van der Waals surface area contributed by atoms with Crippen LogP contribution in [0.25, 0.3) is 10.2 Å². The Balaban J connectivity index is 1.76. The summed E-state index contributed by atoms with van der Waals surface area (Å²) in [5.41, 5.74) is 2.76. The molecule has 2 heterocycles. The Morgan fingerprint density at radius 2 is 2.09 bits per heavy atom. The first-order valence-corrected chi connectivity index (χ1v) is 7.52. The number of nitrogens with zero attached hydrogens (tertiary/aromatic N) is 2. The molecule has 8 heteroatoms. The van der Waals surface area contributed by atoms with Crippen LogP contribution in [0.4, 0.5) is 18.3 Å². The highest BCUT2D eigenvalue weighted by Crippen LogP contribution is 2.31. The molecule has 23 heavy (non-hydrogen) atoms. The average molecular weight is 339 g/mol. The Morgan fingerprint density at radius 1 is 1.26 bits per heavy atom. The van der Waals surface area contributed by atoms with Crippen LogP contribution in [0, 0.1) is 6.92 Å². The van der Waals surface area contributed by atoms with Gasteiger partial charge in [0.1, 0.15) is 5.75 Å². The van der Waals surface area contributed by atoms with Crippen molar-refractivity contribution in [3.63, 3.8) is 0 Å². The van der Waals surface area contributed by atoms with E-state index in [9.17, 15) is 13.2 Å². The number of thiazole rings is 1. The van der Waals surface area contributed by atoms with E-state index in [0.29, 0.717) is 21.9 Å². The molecule has 0 fully saturated rings. The maximum atomic E-state index is 12.2. The van der Waals surface area contributed by atoms with Crippen molar-refractivity contribution in [1.82, 2.24) is 9.97 Å². The minimum atomic E-state index is -4.70. The van der Waals surface area contributed by atoms with Crippen molar-refractivity contribution in [2.24, 2.45) is 0 Å². The van der Waals surface area contributed by atoms with Crippen LogP contribution in [-0.4, -0.2) is 16.3 Å². The number of halogens is 3. The summed E-state index contributed by atoms with van der Waals surface area (Å²) in [7, 11) is 0. The van der Waals surface area contributed by atoms with Gasteiger partial charge in [-0.25, -0.2) is 4.98 Å². The lowest BCUT2D eigenvalue weighted by Gasteiger charge is -2.07. The van der Waals surface area contributed by atoms with Gasteiger partial charge in [-0.1, -0.05) is 11.3 Å². The first kappa shape index (κ1) is 15.5. The molecular weight excluding hydrogens is 327 g/mol. The smallest absolute Gasteiger partial charge is 0.406 e. The largest absolute Gasteiger partial charge is 0.573 e. The molecule has 0 radical (unpaired) electrons. The number of rotatable bonds is 4. The fourth-order valence-electron chi connectivity index (χ4n) is 2.03.